The molecule has 0 bridgehead atoms. The summed E-state index contributed by atoms with van der Waals surface area (Å²) in [4.78, 5) is 21.1. The number of para-hydroxylation sites is 1. The third-order valence-electron chi connectivity index (χ3n) is 4.75. The second kappa shape index (κ2) is 6.38. The SMILES string of the molecule is O=c1[nH]c(N2C[C@H](O)C[C@@H]2c2cccc(C(F)(F)F)c2)nc2ccccc12. The number of nitrogens with one attached hydrogen (secondary N) is 1. The first-order chi connectivity index (χ1) is 12.8. The number of aliphatic hydroxyl groups excluding tert-OH is 1. The lowest BCUT2D eigenvalue weighted by molar-refractivity contribution is -0.137. The van der Waals surface area contributed by atoms with Gasteiger partial charge in [0.1, 0.15) is 0 Å². The first-order valence-corrected chi connectivity index (χ1v) is 8.44. The summed E-state index contributed by atoms with van der Waals surface area (Å²) in [5.74, 6) is 0.234. The van der Waals surface area contributed by atoms with Crippen LogP contribution in [-0.4, -0.2) is 27.7 Å². The molecule has 0 amide bonds. The Morgan fingerprint density at radius 1 is 1.15 bits per heavy atom. The highest BCUT2D eigenvalue weighted by Crippen LogP contribution is 2.37. The van der Waals surface area contributed by atoms with E-state index in [4.69, 9.17) is 0 Å². The number of aromatic amines is 1. The zero-order valence-electron chi connectivity index (χ0n) is 14.1. The van der Waals surface area contributed by atoms with Crippen molar-refractivity contribution in [1.29, 1.82) is 0 Å². The fraction of sp³-hybridized carbons (Fsp3) is 0.263. The standard InChI is InChI=1S/C19H16F3N3O2/c20-19(21,22)12-5-3-4-11(8-12)16-9-13(26)10-25(16)18-23-15-7-2-1-6-14(15)17(27)24-18/h1-8,13,16,26H,9-10H2,(H,23,24,27)/t13-,16-/m1/s1. The molecular weight excluding hydrogens is 359 g/mol. The molecule has 0 radical (unpaired) electrons. The first-order valence-electron chi connectivity index (χ1n) is 8.44. The average Bonchev–Trinajstić information content (AvgIpc) is 3.03. The molecule has 0 spiro atoms. The summed E-state index contributed by atoms with van der Waals surface area (Å²) in [6, 6.07) is 11.3. The number of hydrogen-bond donors (Lipinski definition) is 2. The number of nitrogens with zero attached hydrogens (tertiary/aromatic N) is 2. The highest BCUT2D eigenvalue weighted by Gasteiger charge is 2.36. The number of halogens is 3. The lowest BCUT2D eigenvalue weighted by atomic mass is 10.0. The summed E-state index contributed by atoms with van der Waals surface area (Å²) >= 11 is 0. The molecule has 1 aromatic heterocycles. The van der Waals surface area contributed by atoms with Crippen LogP contribution in [0.2, 0.25) is 0 Å². The Balaban J connectivity index is 1.78. The number of rotatable bonds is 2. The monoisotopic (exact) mass is 375 g/mol. The van der Waals surface area contributed by atoms with E-state index in [0.29, 0.717) is 16.5 Å². The number of hydrogen-bond acceptors (Lipinski definition) is 4. The number of benzene rings is 2. The van der Waals surface area contributed by atoms with Gasteiger partial charge in [-0.25, -0.2) is 4.98 Å². The minimum Gasteiger partial charge on any atom is -0.391 e. The largest absolute Gasteiger partial charge is 0.416 e. The molecule has 140 valence electrons. The Labute approximate surface area is 152 Å². The highest BCUT2D eigenvalue weighted by atomic mass is 19.4. The van der Waals surface area contributed by atoms with Gasteiger partial charge in [-0.2, -0.15) is 13.2 Å². The molecule has 2 aromatic carbocycles. The summed E-state index contributed by atoms with van der Waals surface area (Å²) in [7, 11) is 0. The summed E-state index contributed by atoms with van der Waals surface area (Å²) in [6.07, 6.45) is -4.94. The minimum atomic E-state index is -4.45. The molecule has 0 aliphatic carbocycles. The zero-order valence-corrected chi connectivity index (χ0v) is 14.1. The molecule has 2 atom stereocenters. The zero-order chi connectivity index (χ0) is 19.2. The van der Waals surface area contributed by atoms with Crippen LogP contribution in [0.25, 0.3) is 10.9 Å². The lowest BCUT2D eigenvalue weighted by Gasteiger charge is -2.25. The second-order valence-electron chi connectivity index (χ2n) is 6.59. The van der Waals surface area contributed by atoms with Gasteiger partial charge in [0.2, 0.25) is 5.95 Å². The van der Waals surface area contributed by atoms with Crippen LogP contribution in [0, 0.1) is 0 Å². The van der Waals surface area contributed by atoms with Crippen LogP contribution < -0.4 is 10.5 Å². The Morgan fingerprint density at radius 3 is 2.70 bits per heavy atom. The van der Waals surface area contributed by atoms with Crippen molar-refractivity contribution in [1.82, 2.24) is 9.97 Å². The number of H-pyrrole nitrogens is 1. The molecule has 1 fully saturated rings. The molecule has 4 rings (SSSR count). The molecule has 2 N–H and O–H groups in total. The van der Waals surface area contributed by atoms with E-state index in [1.807, 2.05) is 0 Å². The molecule has 1 saturated heterocycles. The van der Waals surface area contributed by atoms with Gasteiger partial charge in [0.15, 0.2) is 0 Å². The van der Waals surface area contributed by atoms with Crippen molar-refractivity contribution in [3.05, 3.63) is 70.0 Å². The van der Waals surface area contributed by atoms with E-state index in [0.717, 1.165) is 12.1 Å². The quantitative estimate of drug-likeness (QED) is 0.722. The molecule has 8 heteroatoms. The van der Waals surface area contributed by atoms with Crippen molar-refractivity contribution in [3.8, 4) is 0 Å². The van der Waals surface area contributed by atoms with Crippen LogP contribution >= 0.6 is 0 Å². The molecule has 27 heavy (non-hydrogen) atoms. The van der Waals surface area contributed by atoms with Crippen LogP contribution in [0.1, 0.15) is 23.6 Å². The van der Waals surface area contributed by atoms with Crippen molar-refractivity contribution in [2.45, 2.75) is 24.7 Å². The fourth-order valence-electron chi connectivity index (χ4n) is 3.50. The third-order valence-corrected chi connectivity index (χ3v) is 4.75. The molecule has 0 unspecified atom stereocenters. The number of aromatic nitrogens is 2. The Kier molecular flexibility index (Phi) is 4.15. The van der Waals surface area contributed by atoms with Crippen molar-refractivity contribution < 1.29 is 18.3 Å². The molecule has 5 nitrogen and oxygen atoms in total. The van der Waals surface area contributed by atoms with E-state index in [-0.39, 0.29) is 24.5 Å². The second-order valence-corrected chi connectivity index (χ2v) is 6.59. The number of anilines is 1. The van der Waals surface area contributed by atoms with Gasteiger partial charge in [-0.05, 0) is 36.2 Å². The maximum atomic E-state index is 13.1. The van der Waals surface area contributed by atoms with Gasteiger partial charge in [-0.1, -0.05) is 24.3 Å². The number of β-amino-alcohol motifs (C(OH)–C–C–N with tert-alkyl or cyclic N) is 1. The van der Waals surface area contributed by atoms with Crippen molar-refractivity contribution in [2.75, 3.05) is 11.4 Å². The van der Waals surface area contributed by atoms with Crippen LogP contribution in [0.5, 0.6) is 0 Å². The van der Waals surface area contributed by atoms with Gasteiger partial charge >= 0.3 is 6.18 Å². The van der Waals surface area contributed by atoms with E-state index < -0.39 is 23.9 Å². The van der Waals surface area contributed by atoms with Crippen molar-refractivity contribution >= 4 is 16.9 Å². The fourth-order valence-corrected chi connectivity index (χ4v) is 3.50. The van der Waals surface area contributed by atoms with Crippen molar-refractivity contribution in [2.24, 2.45) is 0 Å². The Bertz CT molecular complexity index is 1050. The Morgan fingerprint density at radius 2 is 1.93 bits per heavy atom. The average molecular weight is 375 g/mol. The highest BCUT2D eigenvalue weighted by molar-refractivity contribution is 5.78. The lowest BCUT2D eigenvalue weighted by Crippen LogP contribution is -2.28. The number of aliphatic hydroxyl groups is 1. The van der Waals surface area contributed by atoms with Gasteiger partial charge in [-0.3, -0.25) is 9.78 Å². The molecule has 0 saturated carbocycles. The van der Waals surface area contributed by atoms with E-state index in [2.05, 4.69) is 9.97 Å². The Hall–Kier alpha value is -2.87. The molecule has 1 aliphatic rings. The number of fused-ring (bicyclic) bond motifs is 1. The third kappa shape index (κ3) is 3.28. The number of alkyl halides is 3. The molecule has 2 heterocycles. The van der Waals surface area contributed by atoms with Gasteiger partial charge in [0.05, 0.1) is 28.6 Å². The maximum absolute atomic E-state index is 13.1. The molecule has 1 aliphatic heterocycles. The van der Waals surface area contributed by atoms with Crippen LogP contribution in [-0.2, 0) is 6.18 Å². The van der Waals surface area contributed by atoms with Gasteiger partial charge in [0.25, 0.3) is 5.56 Å². The molecule has 3 aromatic rings. The van der Waals surface area contributed by atoms with Crippen LogP contribution in [0.3, 0.4) is 0 Å². The normalized spacial score (nSPS) is 20.4. The van der Waals surface area contributed by atoms with E-state index >= 15 is 0 Å². The minimum absolute atomic E-state index is 0.169. The summed E-state index contributed by atoms with van der Waals surface area (Å²) in [5.41, 5.74) is -0.182. The van der Waals surface area contributed by atoms with Gasteiger partial charge in [0, 0.05) is 6.54 Å². The topological polar surface area (TPSA) is 69.2 Å². The van der Waals surface area contributed by atoms with E-state index in [1.54, 1.807) is 35.2 Å². The van der Waals surface area contributed by atoms with Crippen LogP contribution in [0.4, 0.5) is 19.1 Å². The summed E-state index contributed by atoms with van der Waals surface area (Å²) in [6.45, 7) is 0.169. The molecular formula is C19H16F3N3O2. The van der Waals surface area contributed by atoms with E-state index in [1.165, 1.54) is 6.07 Å². The first kappa shape index (κ1) is 17.5. The van der Waals surface area contributed by atoms with E-state index in [9.17, 15) is 23.1 Å². The van der Waals surface area contributed by atoms with Gasteiger partial charge in [-0.15, -0.1) is 0 Å². The van der Waals surface area contributed by atoms with Crippen LogP contribution in [0.15, 0.2) is 53.3 Å². The predicted molar refractivity (Wildman–Crippen MR) is 94.5 cm³/mol. The summed E-state index contributed by atoms with van der Waals surface area (Å²) < 4.78 is 39.2. The van der Waals surface area contributed by atoms with Gasteiger partial charge < -0.3 is 10.0 Å². The predicted octanol–water partition coefficient (Wildman–Crippen LogP) is 3.25. The summed E-state index contributed by atoms with van der Waals surface area (Å²) in [5, 5.41) is 10.5. The van der Waals surface area contributed by atoms with Crippen molar-refractivity contribution in [3.63, 3.8) is 0 Å². The maximum Gasteiger partial charge on any atom is 0.416 e. The smallest absolute Gasteiger partial charge is 0.391 e.